The molecular weight excluding hydrogens is 379 g/mol. The highest BCUT2D eigenvalue weighted by Gasteiger charge is 2.20. The number of benzene rings is 2. The maximum atomic E-state index is 13.2. The number of hydrogen-bond donors (Lipinski definition) is 2. The molecule has 0 aliphatic carbocycles. The highest BCUT2D eigenvalue weighted by atomic mass is 19.1. The SMILES string of the molecule is COC(=O)CC(NC(=O)COc1ccc2c(c1)CCC(=O)N2)c1ccc(F)cc1. The minimum atomic E-state index is -0.669. The Morgan fingerprint density at radius 2 is 1.93 bits per heavy atom. The summed E-state index contributed by atoms with van der Waals surface area (Å²) < 4.78 is 23.4. The number of carbonyl (C=O) groups is 3. The average Bonchev–Trinajstić information content (AvgIpc) is 2.72. The molecule has 2 amide bonds. The van der Waals surface area contributed by atoms with Crippen LogP contribution in [0.15, 0.2) is 42.5 Å². The van der Waals surface area contributed by atoms with Crippen molar-refractivity contribution in [1.82, 2.24) is 5.32 Å². The van der Waals surface area contributed by atoms with Crippen molar-refractivity contribution in [3.05, 3.63) is 59.4 Å². The summed E-state index contributed by atoms with van der Waals surface area (Å²) in [6.45, 7) is -0.260. The Hall–Kier alpha value is -3.42. The number of carbonyl (C=O) groups excluding carboxylic acids is 3. The average molecular weight is 400 g/mol. The predicted octanol–water partition coefficient (Wildman–Crippen LogP) is 2.51. The molecular formula is C21H21FN2O5. The molecule has 1 aliphatic rings. The van der Waals surface area contributed by atoms with Gasteiger partial charge in [-0.2, -0.15) is 0 Å². The number of rotatable bonds is 7. The van der Waals surface area contributed by atoms with Gasteiger partial charge in [0.25, 0.3) is 5.91 Å². The van der Waals surface area contributed by atoms with Crippen molar-refractivity contribution in [2.24, 2.45) is 0 Å². The summed E-state index contributed by atoms with van der Waals surface area (Å²) in [5.41, 5.74) is 2.26. The van der Waals surface area contributed by atoms with Crippen LogP contribution < -0.4 is 15.4 Å². The van der Waals surface area contributed by atoms with Crippen LogP contribution in [0.2, 0.25) is 0 Å². The summed E-state index contributed by atoms with van der Waals surface area (Å²) in [4.78, 5) is 35.4. The lowest BCUT2D eigenvalue weighted by molar-refractivity contribution is -0.141. The van der Waals surface area contributed by atoms with Gasteiger partial charge in [0.1, 0.15) is 11.6 Å². The number of halogens is 1. The number of ether oxygens (including phenoxy) is 2. The summed E-state index contributed by atoms with van der Waals surface area (Å²) in [7, 11) is 1.26. The lowest BCUT2D eigenvalue weighted by Crippen LogP contribution is -2.34. The molecule has 1 atom stereocenters. The number of amides is 2. The lowest BCUT2D eigenvalue weighted by atomic mass is 10.0. The molecule has 1 heterocycles. The molecule has 7 nitrogen and oxygen atoms in total. The Balaban J connectivity index is 1.61. The molecule has 3 rings (SSSR count). The first-order chi connectivity index (χ1) is 13.9. The summed E-state index contributed by atoms with van der Waals surface area (Å²) in [5, 5.41) is 5.49. The van der Waals surface area contributed by atoms with Crippen LogP contribution in [0.1, 0.15) is 30.0 Å². The lowest BCUT2D eigenvalue weighted by Gasteiger charge is -2.19. The van der Waals surface area contributed by atoms with Crippen LogP contribution in [0.5, 0.6) is 5.75 Å². The highest BCUT2D eigenvalue weighted by Crippen LogP contribution is 2.26. The minimum absolute atomic E-state index is 0.0250. The molecule has 8 heteroatoms. The number of hydrogen-bond acceptors (Lipinski definition) is 5. The fourth-order valence-electron chi connectivity index (χ4n) is 3.03. The van der Waals surface area contributed by atoms with Gasteiger partial charge in [0.2, 0.25) is 5.91 Å². The summed E-state index contributed by atoms with van der Waals surface area (Å²) >= 11 is 0. The summed E-state index contributed by atoms with van der Waals surface area (Å²) in [6.07, 6.45) is 0.923. The van der Waals surface area contributed by atoms with Crippen molar-refractivity contribution in [3.63, 3.8) is 0 Å². The second kappa shape index (κ2) is 9.18. The number of fused-ring (bicyclic) bond motifs is 1. The van der Waals surface area contributed by atoms with E-state index in [9.17, 15) is 18.8 Å². The largest absolute Gasteiger partial charge is 0.484 e. The van der Waals surface area contributed by atoms with E-state index >= 15 is 0 Å². The Labute approximate surface area is 167 Å². The molecule has 0 fully saturated rings. The van der Waals surface area contributed by atoms with E-state index in [4.69, 9.17) is 4.74 Å². The molecule has 152 valence electrons. The van der Waals surface area contributed by atoms with Crippen molar-refractivity contribution >= 4 is 23.5 Å². The molecule has 2 aromatic carbocycles. The van der Waals surface area contributed by atoms with E-state index in [1.165, 1.54) is 31.4 Å². The Kier molecular flexibility index (Phi) is 6.43. The second-order valence-corrected chi connectivity index (χ2v) is 6.61. The maximum absolute atomic E-state index is 13.2. The van der Waals surface area contributed by atoms with Crippen LogP contribution in [0.3, 0.4) is 0 Å². The van der Waals surface area contributed by atoms with Gasteiger partial charge in [0.15, 0.2) is 6.61 Å². The standard InChI is InChI=1S/C21H21FN2O5/c1-28-21(27)11-18(13-2-5-15(22)6-3-13)24-20(26)12-29-16-7-8-17-14(10-16)4-9-19(25)23-17/h2-3,5-8,10,18H,4,9,11-12H2,1H3,(H,23,25)(H,24,26). The predicted molar refractivity (Wildman–Crippen MR) is 103 cm³/mol. The number of methoxy groups -OCH3 is 1. The van der Waals surface area contributed by atoms with Crippen LogP contribution in [0.25, 0.3) is 0 Å². The monoisotopic (exact) mass is 400 g/mol. The molecule has 0 radical (unpaired) electrons. The summed E-state index contributed by atoms with van der Waals surface area (Å²) in [5.74, 6) is -0.875. The molecule has 0 saturated heterocycles. The van der Waals surface area contributed by atoms with E-state index in [-0.39, 0.29) is 18.9 Å². The fourth-order valence-corrected chi connectivity index (χ4v) is 3.03. The number of nitrogens with one attached hydrogen (secondary N) is 2. The highest BCUT2D eigenvalue weighted by molar-refractivity contribution is 5.94. The van der Waals surface area contributed by atoms with Gasteiger partial charge in [-0.05, 0) is 47.9 Å². The molecule has 0 spiro atoms. The zero-order valence-electron chi connectivity index (χ0n) is 15.9. The molecule has 0 aromatic heterocycles. The van der Waals surface area contributed by atoms with Gasteiger partial charge in [0, 0.05) is 12.1 Å². The first kappa shape index (κ1) is 20.3. The first-order valence-electron chi connectivity index (χ1n) is 9.12. The van der Waals surface area contributed by atoms with E-state index in [0.29, 0.717) is 24.2 Å². The van der Waals surface area contributed by atoms with Gasteiger partial charge in [-0.1, -0.05) is 12.1 Å². The first-order valence-corrected chi connectivity index (χ1v) is 9.12. The van der Waals surface area contributed by atoms with Gasteiger partial charge in [-0.25, -0.2) is 4.39 Å². The van der Waals surface area contributed by atoms with E-state index < -0.39 is 23.7 Å². The molecule has 29 heavy (non-hydrogen) atoms. The van der Waals surface area contributed by atoms with Gasteiger partial charge in [-0.15, -0.1) is 0 Å². The van der Waals surface area contributed by atoms with Gasteiger partial charge in [0.05, 0.1) is 19.6 Å². The second-order valence-electron chi connectivity index (χ2n) is 6.61. The van der Waals surface area contributed by atoms with Crippen LogP contribution in [-0.2, 0) is 25.5 Å². The normalized spacial score (nSPS) is 13.7. The molecule has 0 saturated carbocycles. The van der Waals surface area contributed by atoms with E-state index in [2.05, 4.69) is 15.4 Å². The third kappa shape index (κ3) is 5.54. The molecule has 2 aromatic rings. The van der Waals surface area contributed by atoms with Crippen LogP contribution >= 0.6 is 0 Å². The van der Waals surface area contributed by atoms with E-state index in [1.807, 2.05) is 0 Å². The van der Waals surface area contributed by atoms with Gasteiger partial charge in [-0.3, -0.25) is 14.4 Å². The van der Waals surface area contributed by atoms with Crippen molar-refractivity contribution in [2.45, 2.75) is 25.3 Å². The van der Waals surface area contributed by atoms with Crippen LogP contribution in [0, 0.1) is 5.82 Å². The van der Waals surface area contributed by atoms with Crippen LogP contribution in [0.4, 0.5) is 10.1 Å². The Morgan fingerprint density at radius 1 is 1.17 bits per heavy atom. The number of esters is 1. The zero-order valence-corrected chi connectivity index (χ0v) is 15.9. The Morgan fingerprint density at radius 3 is 2.66 bits per heavy atom. The van der Waals surface area contributed by atoms with E-state index in [1.54, 1.807) is 18.2 Å². The zero-order chi connectivity index (χ0) is 20.8. The summed E-state index contributed by atoms with van der Waals surface area (Å²) in [6, 6.07) is 10.0. The van der Waals surface area contributed by atoms with E-state index in [0.717, 1.165) is 11.3 Å². The third-order valence-corrected chi connectivity index (χ3v) is 4.55. The smallest absolute Gasteiger partial charge is 0.307 e. The maximum Gasteiger partial charge on any atom is 0.307 e. The fraction of sp³-hybridized carbons (Fsp3) is 0.286. The molecule has 2 N–H and O–H groups in total. The molecule has 1 unspecified atom stereocenters. The molecule has 0 bridgehead atoms. The third-order valence-electron chi connectivity index (χ3n) is 4.55. The van der Waals surface area contributed by atoms with Gasteiger partial charge >= 0.3 is 5.97 Å². The number of anilines is 1. The minimum Gasteiger partial charge on any atom is -0.484 e. The van der Waals surface area contributed by atoms with Crippen molar-refractivity contribution in [3.8, 4) is 5.75 Å². The van der Waals surface area contributed by atoms with Crippen LogP contribution in [-0.4, -0.2) is 31.5 Å². The topological polar surface area (TPSA) is 93.7 Å². The Bertz CT molecular complexity index is 914. The van der Waals surface area contributed by atoms with Crippen molar-refractivity contribution < 1.29 is 28.2 Å². The quantitative estimate of drug-likeness (QED) is 0.697. The van der Waals surface area contributed by atoms with Gasteiger partial charge < -0.3 is 20.1 Å². The van der Waals surface area contributed by atoms with Crippen molar-refractivity contribution in [1.29, 1.82) is 0 Å². The number of aryl methyl sites for hydroxylation is 1. The van der Waals surface area contributed by atoms with Crippen molar-refractivity contribution in [2.75, 3.05) is 19.0 Å². The molecule has 1 aliphatic heterocycles.